The lowest BCUT2D eigenvalue weighted by atomic mass is 10.1. The van der Waals surface area contributed by atoms with Gasteiger partial charge in [-0.2, -0.15) is 0 Å². The zero-order valence-electron chi connectivity index (χ0n) is 12.6. The molecule has 0 spiro atoms. The van der Waals surface area contributed by atoms with Gasteiger partial charge in [0.05, 0.1) is 17.1 Å². The summed E-state index contributed by atoms with van der Waals surface area (Å²) in [5, 5.41) is 6.05. The molecule has 0 aliphatic carbocycles. The summed E-state index contributed by atoms with van der Waals surface area (Å²) < 4.78 is 0. The van der Waals surface area contributed by atoms with Gasteiger partial charge in [-0.15, -0.1) is 11.3 Å². The van der Waals surface area contributed by atoms with Crippen molar-refractivity contribution in [3.05, 3.63) is 40.4 Å². The summed E-state index contributed by atoms with van der Waals surface area (Å²) in [6.45, 7) is 2.77. The monoisotopic (exact) mass is 349 g/mol. The number of carbonyl (C=O) groups excluding carboxylic acids is 2. The van der Waals surface area contributed by atoms with E-state index in [9.17, 15) is 9.59 Å². The van der Waals surface area contributed by atoms with Crippen LogP contribution in [0.3, 0.4) is 0 Å². The van der Waals surface area contributed by atoms with E-state index in [0.29, 0.717) is 23.8 Å². The Balaban J connectivity index is 1.73. The quantitative estimate of drug-likeness (QED) is 0.925. The second kappa shape index (κ2) is 6.68. The highest BCUT2D eigenvalue weighted by Crippen LogP contribution is 2.30. The number of nitrogens with one attached hydrogen (secondary N) is 1. The van der Waals surface area contributed by atoms with Crippen molar-refractivity contribution in [2.24, 2.45) is 0 Å². The maximum atomic E-state index is 12.4. The molecule has 5 nitrogen and oxygen atoms in total. The van der Waals surface area contributed by atoms with Crippen LogP contribution >= 0.6 is 22.9 Å². The van der Waals surface area contributed by atoms with Gasteiger partial charge in [-0.3, -0.25) is 9.59 Å². The standard InChI is InChI=1S/C16H16ClN3O2S/c1-10-15(22)18-6-7-20(10)14(21)8-11-9-23-16(19-11)12-4-2-3-5-13(12)17/h2-5,9-10H,6-8H2,1H3,(H,18,22). The van der Waals surface area contributed by atoms with E-state index in [0.717, 1.165) is 10.6 Å². The first-order valence-corrected chi connectivity index (χ1v) is 8.58. The van der Waals surface area contributed by atoms with Crippen LogP contribution in [0, 0.1) is 0 Å². The minimum Gasteiger partial charge on any atom is -0.353 e. The molecule has 1 aromatic carbocycles. The number of benzene rings is 1. The number of amides is 2. The maximum absolute atomic E-state index is 12.4. The molecular weight excluding hydrogens is 334 g/mol. The largest absolute Gasteiger partial charge is 0.353 e. The fourth-order valence-corrected chi connectivity index (χ4v) is 3.67. The van der Waals surface area contributed by atoms with Crippen molar-refractivity contribution in [1.29, 1.82) is 0 Å². The number of halogens is 1. The summed E-state index contributed by atoms with van der Waals surface area (Å²) in [5.74, 6) is -0.192. The number of rotatable bonds is 3. The maximum Gasteiger partial charge on any atom is 0.242 e. The molecule has 0 bridgehead atoms. The van der Waals surface area contributed by atoms with Crippen LogP contribution in [0.15, 0.2) is 29.6 Å². The Labute approximate surface area is 143 Å². The molecule has 2 aromatic rings. The van der Waals surface area contributed by atoms with E-state index in [2.05, 4.69) is 10.3 Å². The minimum absolute atomic E-state index is 0.0802. The molecular formula is C16H16ClN3O2S. The summed E-state index contributed by atoms with van der Waals surface area (Å²) in [4.78, 5) is 30.2. The van der Waals surface area contributed by atoms with Gasteiger partial charge in [0, 0.05) is 24.0 Å². The Kier molecular flexibility index (Phi) is 4.63. The second-order valence-corrected chi connectivity index (χ2v) is 6.62. The number of hydrogen-bond acceptors (Lipinski definition) is 4. The molecule has 1 aromatic heterocycles. The molecule has 0 radical (unpaired) electrons. The van der Waals surface area contributed by atoms with Gasteiger partial charge in [0.2, 0.25) is 11.8 Å². The highest BCUT2D eigenvalue weighted by Gasteiger charge is 2.29. The molecule has 2 heterocycles. The number of piperazine rings is 1. The number of aromatic nitrogens is 1. The summed E-state index contributed by atoms with van der Waals surface area (Å²) in [7, 11) is 0. The van der Waals surface area contributed by atoms with Crippen LogP contribution in [0.4, 0.5) is 0 Å². The van der Waals surface area contributed by atoms with E-state index >= 15 is 0 Å². The van der Waals surface area contributed by atoms with E-state index in [1.807, 2.05) is 29.6 Å². The van der Waals surface area contributed by atoms with Crippen LogP contribution in [0.25, 0.3) is 10.6 Å². The topological polar surface area (TPSA) is 62.3 Å². The minimum atomic E-state index is -0.432. The van der Waals surface area contributed by atoms with Crippen molar-refractivity contribution in [2.45, 2.75) is 19.4 Å². The Morgan fingerprint density at radius 3 is 3.04 bits per heavy atom. The van der Waals surface area contributed by atoms with Crippen LogP contribution < -0.4 is 5.32 Å². The molecule has 1 N–H and O–H groups in total. The molecule has 0 saturated carbocycles. The second-order valence-electron chi connectivity index (χ2n) is 5.35. The lowest BCUT2D eigenvalue weighted by molar-refractivity contribution is -0.142. The average Bonchev–Trinajstić information content (AvgIpc) is 2.98. The third-order valence-corrected chi connectivity index (χ3v) is 5.06. The summed E-state index contributed by atoms with van der Waals surface area (Å²) in [5.41, 5.74) is 1.57. The Morgan fingerprint density at radius 1 is 1.48 bits per heavy atom. The van der Waals surface area contributed by atoms with Gasteiger partial charge < -0.3 is 10.2 Å². The molecule has 1 unspecified atom stereocenters. The normalized spacial score (nSPS) is 17.9. The van der Waals surface area contributed by atoms with Crippen molar-refractivity contribution in [3.63, 3.8) is 0 Å². The highest BCUT2D eigenvalue weighted by molar-refractivity contribution is 7.13. The molecule has 1 aliphatic heterocycles. The van der Waals surface area contributed by atoms with Crippen molar-refractivity contribution < 1.29 is 9.59 Å². The molecule has 2 amide bonds. The lowest BCUT2D eigenvalue weighted by Gasteiger charge is -2.32. The molecule has 120 valence electrons. The van der Waals surface area contributed by atoms with Gasteiger partial charge in [0.25, 0.3) is 0 Å². The van der Waals surface area contributed by atoms with Gasteiger partial charge in [-0.25, -0.2) is 4.98 Å². The molecule has 7 heteroatoms. The first-order chi connectivity index (χ1) is 11.1. The van der Waals surface area contributed by atoms with Crippen LogP contribution in [0.5, 0.6) is 0 Å². The van der Waals surface area contributed by atoms with Gasteiger partial charge in [-0.05, 0) is 13.0 Å². The number of nitrogens with zero attached hydrogens (tertiary/aromatic N) is 2. The third-order valence-electron chi connectivity index (χ3n) is 3.81. The number of hydrogen-bond donors (Lipinski definition) is 1. The Hall–Kier alpha value is -1.92. The molecule has 23 heavy (non-hydrogen) atoms. The number of thiazole rings is 1. The lowest BCUT2D eigenvalue weighted by Crippen LogP contribution is -2.56. The SMILES string of the molecule is CC1C(=O)NCCN1C(=O)Cc1csc(-c2ccccc2Cl)n1. The van der Waals surface area contributed by atoms with E-state index in [4.69, 9.17) is 11.6 Å². The van der Waals surface area contributed by atoms with Crippen molar-refractivity contribution in [1.82, 2.24) is 15.2 Å². The summed E-state index contributed by atoms with van der Waals surface area (Å²) in [6.07, 6.45) is 0.193. The van der Waals surface area contributed by atoms with Crippen LogP contribution in [-0.2, 0) is 16.0 Å². The predicted octanol–water partition coefficient (Wildman–Crippen LogP) is 2.35. The zero-order valence-corrected chi connectivity index (χ0v) is 14.2. The van der Waals surface area contributed by atoms with E-state index in [-0.39, 0.29) is 18.2 Å². The van der Waals surface area contributed by atoms with E-state index in [1.165, 1.54) is 11.3 Å². The predicted molar refractivity (Wildman–Crippen MR) is 90.4 cm³/mol. The van der Waals surface area contributed by atoms with Gasteiger partial charge >= 0.3 is 0 Å². The fourth-order valence-electron chi connectivity index (χ4n) is 2.53. The highest BCUT2D eigenvalue weighted by atomic mass is 35.5. The van der Waals surface area contributed by atoms with Gasteiger partial charge in [0.15, 0.2) is 0 Å². The summed E-state index contributed by atoms with van der Waals surface area (Å²) in [6, 6.07) is 7.06. The van der Waals surface area contributed by atoms with Gasteiger partial charge in [-0.1, -0.05) is 29.8 Å². The zero-order chi connectivity index (χ0) is 16.4. The smallest absolute Gasteiger partial charge is 0.242 e. The number of carbonyl (C=O) groups is 2. The summed E-state index contributed by atoms with van der Waals surface area (Å²) >= 11 is 7.64. The first kappa shape index (κ1) is 16.0. The average molecular weight is 350 g/mol. The van der Waals surface area contributed by atoms with Gasteiger partial charge in [0.1, 0.15) is 11.0 Å². The first-order valence-electron chi connectivity index (χ1n) is 7.33. The van der Waals surface area contributed by atoms with Crippen LogP contribution in [0.1, 0.15) is 12.6 Å². The molecule has 1 saturated heterocycles. The molecule has 1 atom stereocenters. The van der Waals surface area contributed by atoms with Crippen LogP contribution in [0.2, 0.25) is 5.02 Å². The van der Waals surface area contributed by atoms with E-state index in [1.54, 1.807) is 11.8 Å². The third kappa shape index (κ3) is 3.38. The molecule has 1 fully saturated rings. The van der Waals surface area contributed by atoms with Crippen molar-refractivity contribution in [2.75, 3.05) is 13.1 Å². The molecule has 1 aliphatic rings. The Morgan fingerprint density at radius 2 is 2.26 bits per heavy atom. The van der Waals surface area contributed by atoms with Crippen molar-refractivity contribution >= 4 is 34.8 Å². The molecule has 3 rings (SSSR count). The van der Waals surface area contributed by atoms with Crippen molar-refractivity contribution in [3.8, 4) is 10.6 Å². The van der Waals surface area contributed by atoms with Crippen LogP contribution in [-0.4, -0.2) is 40.8 Å². The van der Waals surface area contributed by atoms with E-state index < -0.39 is 6.04 Å². The fraction of sp³-hybridized carbons (Fsp3) is 0.312. The Bertz CT molecular complexity index is 746.